The summed E-state index contributed by atoms with van der Waals surface area (Å²) in [5.74, 6) is -0.428. The maximum atomic E-state index is 12.4. The summed E-state index contributed by atoms with van der Waals surface area (Å²) in [6, 6.07) is 12.1. The number of pyridine rings is 1. The minimum atomic E-state index is -0.644. The molecule has 21 heavy (non-hydrogen) atoms. The van der Waals surface area contributed by atoms with Gasteiger partial charge in [0.2, 0.25) is 0 Å². The Hall–Kier alpha value is -2.95. The number of amides is 1. The molecule has 0 bridgehead atoms. The van der Waals surface area contributed by atoms with Crippen LogP contribution in [0.25, 0.3) is 11.0 Å². The lowest BCUT2D eigenvalue weighted by atomic mass is 10.1. The highest BCUT2D eigenvalue weighted by Crippen LogP contribution is 2.16. The lowest BCUT2D eigenvalue weighted by molar-refractivity contribution is 0.0989. The van der Waals surface area contributed by atoms with Crippen molar-refractivity contribution in [3.8, 4) is 0 Å². The summed E-state index contributed by atoms with van der Waals surface area (Å²) in [4.78, 5) is 29.8. The van der Waals surface area contributed by atoms with Crippen molar-refractivity contribution in [3.63, 3.8) is 0 Å². The number of carbonyl (C=O) groups excluding carboxylic acids is 1. The van der Waals surface area contributed by atoms with Crippen molar-refractivity contribution in [2.75, 3.05) is 11.9 Å². The molecule has 0 fully saturated rings. The smallest absolute Gasteiger partial charge is 0.349 e. The van der Waals surface area contributed by atoms with Gasteiger partial charge < -0.3 is 9.32 Å². The van der Waals surface area contributed by atoms with Crippen LogP contribution >= 0.6 is 0 Å². The summed E-state index contributed by atoms with van der Waals surface area (Å²) in [5, 5.41) is 0.708. The van der Waals surface area contributed by atoms with Crippen molar-refractivity contribution in [2.24, 2.45) is 0 Å². The minimum absolute atomic E-state index is 0.0000491. The fourth-order valence-corrected chi connectivity index (χ4v) is 2.06. The van der Waals surface area contributed by atoms with Gasteiger partial charge in [0, 0.05) is 18.6 Å². The van der Waals surface area contributed by atoms with Crippen LogP contribution in [0, 0.1) is 0 Å². The first-order valence-corrected chi connectivity index (χ1v) is 6.38. The van der Waals surface area contributed by atoms with E-state index >= 15 is 0 Å². The van der Waals surface area contributed by atoms with Crippen molar-refractivity contribution in [2.45, 2.75) is 0 Å². The van der Waals surface area contributed by atoms with Crippen LogP contribution < -0.4 is 10.5 Å². The van der Waals surface area contributed by atoms with Gasteiger partial charge in [-0.3, -0.25) is 9.78 Å². The third-order valence-electron chi connectivity index (χ3n) is 3.21. The van der Waals surface area contributed by atoms with Crippen molar-refractivity contribution in [1.29, 1.82) is 0 Å². The summed E-state index contributed by atoms with van der Waals surface area (Å²) < 4.78 is 5.18. The van der Waals surface area contributed by atoms with Gasteiger partial charge in [-0.25, -0.2) is 4.79 Å². The average Bonchev–Trinajstić information content (AvgIpc) is 2.53. The van der Waals surface area contributed by atoms with Crippen molar-refractivity contribution < 1.29 is 9.21 Å². The van der Waals surface area contributed by atoms with E-state index in [2.05, 4.69) is 4.98 Å². The highest BCUT2D eigenvalue weighted by molar-refractivity contribution is 6.06. The van der Waals surface area contributed by atoms with Crippen LogP contribution in [0.5, 0.6) is 0 Å². The molecule has 2 aromatic heterocycles. The molecule has 5 heteroatoms. The van der Waals surface area contributed by atoms with Gasteiger partial charge in [-0.1, -0.05) is 18.2 Å². The molecule has 0 N–H and O–H groups in total. The normalized spacial score (nSPS) is 10.5. The van der Waals surface area contributed by atoms with Gasteiger partial charge in [0.15, 0.2) is 0 Å². The molecule has 3 aromatic rings. The van der Waals surface area contributed by atoms with Gasteiger partial charge in [-0.05, 0) is 24.3 Å². The molecule has 0 spiro atoms. The van der Waals surface area contributed by atoms with Gasteiger partial charge >= 0.3 is 5.63 Å². The van der Waals surface area contributed by atoms with E-state index < -0.39 is 11.5 Å². The van der Waals surface area contributed by atoms with Crippen LogP contribution in [0.4, 0.5) is 5.69 Å². The number of nitrogens with zero attached hydrogens (tertiary/aromatic N) is 2. The topological polar surface area (TPSA) is 63.4 Å². The fourth-order valence-electron chi connectivity index (χ4n) is 2.06. The van der Waals surface area contributed by atoms with E-state index in [0.717, 1.165) is 0 Å². The Kier molecular flexibility index (Phi) is 3.23. The summed E-state index contributed by atoms with van der Waals surface area (Å²) in [7, 11) is 1.59. The monoisotopic (exact) mass is 280 g/mol. The van der Waals surface area contributed by atoms with Crippen LogP contribution in [0.3, 0.4) is 0 Å². The number of fused-ring (bicyclic) bond motifs is 1. The number of para-hydroxylation sites is 1. The molecule has 104 valence electrons. The Morgan fingerprint density at radius 1 is 1.19 bits per heavy atom. The first-order chi connectivity index (χ1) is 10.2. The zero-order chi connectivity index (χ0) is 14.8. The van der Waals surface area contributed by atoms with Crippen molar-refractivity contribution in [3.05, 3.63) is 70.8 Å². The molecule has 0 atom stereocenters. The zero-order valence-corrected chi connectivity index (χ0v) is 11.3. The number of benzene rings is 1. The Balaban J connectivity index is 2.06. The molecule has 0 saturated carbocycles. The highest BCUT2D eigenvalue weighted by Gasteiger charge is 2.18. The molecular formula is C16H12N2O3. The van der Waals surface area contributed by atoms with Gasteiger partial charge in [0.25, 0.3) is 5.91 Å². The Bertz CT molecular complexity index is 856. The molecule has 3 rings (SSSR count). The molecule has 1 amide bonds. The van der Waals surface area contributed by atoms with Gasteiger partial charge in [0.1, 0.15) is 11.1 Å². The van der Waals surface area contributed by atoms with Crippen molar-refractivity contribution in [1.82, 2.24) is 4.98 Å². The van der Waals surface area contributed by atoms with Crippen LogP contribution in [0.15, 0.2) is 64.1 Å². The fraction of sp³-hybridized carbons (Fsp3) is 0.0625. The first kappa shape index (κ1) is 13.1. The Morgan fingerprint density at radius 2 is 2.00 bits per heavy atom. The van der Waals surface area contributed by atoms with E-state index in [9.17, 15) is 9.59 Å². The average molecular weight is 280 g/mol. The minimum Gasteiger partial charge on any atom is -0.422 e. The predicted octanol–water partition coefficient (Wildman–Crippen LogP) is 2.46. The van der Waals surface area contributed by atoms with E-state index in [4.69, 9.17) is 4.42 Å². The Morgan fingerprint density at radius 3 is 2.76 bits per heavy atom. The van der Waals surface area contributed by atoms with E-state index in [0.29, 0.717) is 16.7 Å². The van der Waals surface area contributed by atoms with Gasteiger partial charge in [-0.15, -0.1) is 0 Å². The maximum Gasteiger partial charge on any atom is 0.349 e. The first-order valence-electron chi connectivity index (χ1n) is 6.38. The standard InChI is InChI=1S/C16H12N2O3/c1-18(12-6-4-8-17-10-12)15(19)13-9-11-5-2-3-7-14(11)21-16(13)20/h2-10H,1H3. The maximum absolute atomic E-state index is 12.4. The van der Waals surface area contributed by atoms with Gasteiger partial charge in [0.05, 0.1) is 11.9 Å². The molecule has 0 unspecified atom stereocenters. The highest BCUT2D eigenvalue weighted by atomic mass is 16.4. The lowest BCUT2D eigenvalue weighted by Crippen LogP contribution is -2.30. The number of hydrogen-bond acceptors (Lipinski definition) is 4. The molecular weight excluding hydrogens is 268 g/mol. The molecule has 0 aliphatic rings. The summed E-state index contributed by atoms with van der Waals surface area (Å²) >= 11 is 0. The lowest BCUT2D eigenvalue weighted by Gasteiger charge is -2.16. The van der Waals surface area contributed by atoms with E-state index in [-0.39, 0.29) is 5.56 Å². The second-order valence-corrected chi connectivity index (χ2v) is 4.56. The number of carbonyl (C=O) groups is 1. The van der Waals surface area contributed by atoms with E-state index in [1.807, 2.05) is 6.07 Å². The number of aromatic nitrogens is 1. The van der Waals surface area contributed by atoms with Crippen LogP contribution in [0.2, 0.25) is 0 Å². The van der Waals surface area contributed by atoms with E-state index in [1.54, 1.807) is 55.8 Å². The second-order valence-electron chi connectivity index (χ2n) is 4.56. The third-order valence-corrected chi connectivity index (χ3v) is 3.21. The van der Waals surface area contributed by atoms with Crippen LogP contribution in [-0.2, 0) is 0 Å². The number of anilines is 1. The number of hydrogen-bond donors (Lipinski definition) is 0. The number of rotatable bonds is 2. The third kappa shape index (κ3) is 2.41. The van der Waals surface area contributed by atoms with Crippen LogP contribution in [-0.4, -0.2) is 17.9 Å². The molecule has 0 aliphatic carbocycles. The Labute approximate surface area is 120 Å². The molecule has 0 aliphatic heterocycles. The van der Waals surface area contributed by atoms with E-state index in [1.165, 1.54) is 4.90 Å². The molecule has 2 heterocycles. The molecule has 1 aromatic carbocycles. The molecule has 0 saturated heterocycles. The van der Waals surface area contributed by atoms with Crippen LogP contribution in [0.1, 0.15) is 10.4 Å². The largest absolute Gasteiger partial charge is 0.422 e. The SMILES string of the molecule is CN(C(=O)c1cc2ccccc2oc1=O)c1cccnc1. The summed E-state index contributed by atoms with van der Waals surface area (Å²) in [5.41, 5.74) is 0.424. The predicted molar refractivity (Wildman–Crippen MR) is 79.5 cm³/mol. The zero-order valence-electron chi connectivity index (χ0n) is 11.3. The molecule has 5 nitrogen and oxygen atoms in total. The van der Waals surface area contributed by atoms with Crippen molar-refractivity contribution >= 4 is 22.6 Å². The van der Waals surface area contributed by atoms with Gasteiger partial charge in [-0.2, -0.15) is 0 Å². The summed E-state index contributed by atoms with van der Waals surface area (Å²) in [6.45, 7) is 0. The quantitative estimate of drug-likeness (QED) is 0.676. The molecule has 0 radical (unpaired) electrons. The second kappa shape index (κ2) is 5.20. The summed E-state index contributed by atoms with van der Waals surface area (Å²) in [6.07, 6.45) is 3.17.